The summed E-state index contributed by atoms with van der Waals surface area (Å²) in [5.41, 5.74) is 1.26. The zero-order valence-corrected chi connectivity index (χ0v) is 13.0. The van der Waals surface area contributed by atoms with Crippen molar-refractivity contribution in [3.05, 3.63) is 72.3 Å². The SMILES string of the molecule is O=C(Cc1ccc2ccccc2c1)Nc1ccc(OC(F)(F)F)cc1. The molecule has 0 atom stereocenters. The molecule has 0 saturated carbocycles. The van der Waals surface area contributed by atoms with E-state index in [0.29, 0.717) is 5.69 Å². The summed E-state index contributed by atoms with van der Waals surface area (Å²) < 4.78 is 40.1. The van der Waals surface area contributed by atoms with Gasteiger partial charge < -0.3 is 10.1 Å². The van der Waals surface area contributed by atoms with E-state index < -0.39 is 6.36 Å². The van der Waals surface area contributed by atoms with E-state index in [1.807, 2.05) is 42.5 Å². The van der Waals surface area contributed by atoms with E-state index in [9.17, 15) is 18.0 Å². The minimum atomic E-state index is -4.74. The van der Waals surface area contributed by atoms with Gasteiger partial charge in [0.25, 0.3) is 0 Å². The molecule has 0 aromatic heterocycles. The zero-order valence-electron chi connectivity index (χ0n) is 13.0. The molecular weight excluding hydrogens is 331 g/mol. The fraction of sp³-hybridized carbons (Fsp3) is 0.105. The van der Waals surface area contributed by atoms with Gasteiger partial charge in [0, 0.05) is 5.69 Å². The lowest BCUT2D eigenvalue weighted by Crippen LogP contribution is -2.17. The Morgan fingerprint density at radius 3 is 2.28 bits per heavy atom. The van der Waals surface area contributed by atoms with Crippen molar-refractivity contribution in [3.63, 3.8) is 0 Å². The molecule has 128 valence electrons. The summed E-state index contributed by atoms with van der Waals surface area (Å²) in [7, 11) is 0. The molecule has 3 aromatic carbocycles. The molecule has 0 aliphatic heterocycles. The number of carbonyl (C=O) groups is 1. The molecule has 0 radical (unpaired) electrons. The summed E-state index contributed by atoms with van der Waals surface area (Å²) in [6, 6.07) is 18.6. The topological polar surface area (TPSA) is 38.3 Å². The van der Waals surface area contributed by atoms with Crippen molar-refractivity contribution in [2.75, 3.05) is 5.32 Å². The Kier molecular flexibility index (Phi) is 4.61. The number of rotatable bonds is 4. The zero-order chi connectivity index (χ0) is 17.9. The molecular formula is C19H14F3NO2. The van der Waals surface area contributed by atoms with Crippen molar-refractivity contribution in [2.24, 2.45) is 0 Å². The Morgan fingerprint density at radius 2 is 1.60 bits per heavy atom. The van der Waals surface area contributed by atoms with Crippen LogP contribution in [0.1, 0.15) is 5.56 Å². The van der Waals surface area contributed by atoms with E-state index in [1.165, 1.54) is 12.1 Å². The van der Waals surface area contributed by atoms with Gasteiger partial charge in [-0.15, -0.1) is 13.2 Å². The summed E-state index contributed by atoms with van der Waals surface area (Å²) in [5.74, 6) is -0.584. The maximum atomic E-state index is 12.1. The molecule has 0 bridgehead atoms. The summed E-state index contributed by atoms with van der Waals surface area (Å²) in [4.78, 5) is 12.1. The van der Waals surface area contributed by atoms with Crippen LogP contribution in [0, 0.1) is 0 Å². The first-order valence-electron chi connectivity index (χ1n) is 7.52. The second kappa shape index (κ2) is 6.84. The number of ether oxygens (including phenoxy) is 1. The van der Waals surface area contributed by atoms with Crippen LogP contribution in [0.15, 0.2) is 66.7 Å². The number of anilines is 1. The fourth-order valence-corrected chi connectivity index (χ4v) is 2.48. The van der Waals surface area contributed by atoms with Crippen LogP contribution in [0.3, 0.4) is 0 Å². The first-order valence-corrected chi connectivity index (χ1v) is 7.52. The van der Waals surface area contributed by atoms with Crippen molar-refractivity contribution in [1.29, 1.82) is 0 Å². The quantitative estimate of drug-likeness (QED) is 0.729. The standard InChI is InChI=1S/C19H14F3NO2/c20-19(21,22)25-17-9-7-16(8-10-17)23-18(24)12-13-5-6-14-3-1-2-4-15(14)11-13/h1-11H,12H2,(H,23,24). The van der Waals surface area contributed by atoms with Crippen LogP contribution < -0.4 is 10.1 Å². The third kappa shape index (κ3) is 4.73. The predicted octanol–water partition coefficient (Wildman–Crippen LogP) is 4.92. The Bertz CT molecular complexity index is 889. The van der Waals surface area contributed by atoms with E-state index in [2.05, 4.69) is 10.1 Å². The maximum absolute atomic E-state index is 12.1. The van der Waals surface area contributed by atoms with Crippen molar-refractivity contribution in [3.8, 4) is 5.75 Å². The van der Waals surface area contributed by atoms with E-state index in [0.717, 1.165) is 28.5 Å². The Morgan fingerprint density at radius 1 is 0.920 bits per heavy atom. The lowest BCUT2D eigenvalue weighted by atomic mass is 10.0. The molecule has 0 aliphatic rings. The van der Waals surface area contributed by atoms with Crippen molar-refractivity contribution < 1.29 is 22.7 Å². The van der Waals surface area contributed by atoms with Crippen LogP contribution in [0.25, 0.3) is 10.8 Å². The maximum Gasteiger partial charge on any atom is 0.573 e. The molecule has 0 aliphatic carbocycles. The average Bonchev–Trinajstić information content (AvgIpc) is 2.55. The van der Waals surface area contributed by atoms with Gasteiger partial charge in [0.15, 0.2) is 0 Å². The fourth-order valence-electron chi connectivity index (χ4n) is 2.48. The summed E-state index contributed by atoms with van der Waals surface area (Å²) in [6.45, 7) is 0. The van der Waals surface area contributed by atoms with Gasteiger partial charge in [-0.3, -0.25) is 4.79 Å². The highest BCUT2D eigenvalue weighted by molar-refractivity contribution is 5.93. The van der Waals surface area contributed by atoms with Crippen LogP contribution in [0.2, 0.25) is 0 Å². The van der Waals surface area contributed by atoms with Gasteiger partial charge in [0.05, 0.1) is 6.42 Å². The number of alkyl halides is 3. The van der Waals surface area contributed by atoms with E-state index in [1.54, 1.807) is 0 Å². The highest BCUT2D eigenvalue weighted by Gasteiger charge is 2.30. The molecule has 3 rings (SSSR count). The lowest BCUT2D eigenvalue weighted by molar-refractivity contribution is -0.274. The largest absolute Gasteiger partial charge is 0.573 e. The summed E-state index contributed by atoms with van der Waals surface area (Å²) in [6.07, 6.45) is -4.56. The molecule has 0 heterocycles. The number of hydrogen-bond donors (Lipinski definition) is 1. The predicted molar refractivity (Wildman–Crippen MR) is 89.4 cm³/mol. The van der Waals surface area contributed by atoms with Gasteiger partial charge in [-0.05, 0) is 40.6 Å². The summed E-state index contributed by atoms with van der Waals surface area (Å²) in [5, 5.41) is 4.79. The molecule has 0 fully saturated rings. The first kappa shape index (κ1) is 16.8. The second-order valence-electron chi connectivity index (χ2n) is 5.48. The Hall–Kier alpha value is -3.02. The van der Waals surface area contributed by atoms with Crippen molar-refractivity contribution in [2.45, 2.75) is 12.8 Å². The summed E-state index contributed by atoms with van der Waals surface area (Å²) >= 11 is 0. The first-order chi connectivity index (χ1) is 11.9. The van der Waals surface area contributed by atoms with Gasteiger partial charge in [-0.1, -0.05) is 42.5 Å². The molecule has 3 nitrogen and oxygen atoms in total. The van der Waals surface area contributed by atoms with Crippen molar-refractivity contribution in [1.82, 2.24) is 0 Å². The minimum Gasteiger partial charge on any atom is -0.406 e. The van der Waals surface area contributed by atoms with E-state index >= 15 is 0 Å². The number of hydrogen-bond acceptors (Lipinski definition) is 2. The van der Waals surface area contributed by atoms with Crippen LogP contribution >= 0.6 is 0 Å². The normalized spacial score (nSPS) is 11.3. The molecule has 0 unspecified atom stereocenters. The lowest BCUT2D eigenvalue weighted by Gasteiger charge is -2.10. The van der Waals surface area contributed by atoms with Crippen LogP contribution in [0.5, 0.6) is 5.75 Å². The second-order valence-corrected chi connectivity index (χ2v) is 5.48. The van der Waals surface area contributed by atoms with Crippen LogP contribution in [-0.4, -0.2) is 12.3 Å². The van der Waals surface area contributed by atoms with Gasteiger partial charge in [0.2, 0.25) is 5.91 Å². The molecule has 25 heavy (non-hydrogen) atoms. The highest BCUT2D eigenvalue weighted by Crippen LogP contribution is 2.24. The number of halogens is 3. The molecule has 0 saturated heterocycles. The van der Waals surface area contributed by atoms with E-state index in [-0.39, 0.29) is 18.1 Å². The van der Waals surface area contributed by atoms with Gasteiger partial charge in [0.1, 0.15) is 5.75 Å². The number of carbonyl (C=O) groups excluding carboxylic acids is 1. The third-order valence-electron chi connectivity index (χ3n) is 3.55. The van der Waals surface area contributed by atoms with Gasteiger partial charge in [-0.2, -0.15) is 0 Å². The molecule has 3 aromatic rings. The van der Waals surface area contributed by atoms with Crippen molar-refractivity contribution >= 4 is 22.4 Å². The van der Waals surface area contributed by atoms with Gasteiger partial charge >= 0.3 is 6.36 Å². The van der Waals surface area contributed by atoms with Gasteiger partial charge in [-0.25, -0.2) is 0 Å². The third-order valence-corrected chi connectivity index (χ3v) is 3.55. The van der Waals surface area contributed by atoms with Crippen LogP contribution in [-0.2, 0) is 11.2 Å². The monoisotopic (exact) mass is 345 g/mol. The van der Waals surface area contributed by atoms with E-state index in [4.69, 9.17) is 0 Å². The highest BCUT2D eigenvalue weighted by atomic mass is 19.4. The Balaban J connectivity index is 1.63. The number of amides is 1. The molecule has 0 spiro atoms. The van der Waals surface area contributed by atoms with Crippen LogP contribution in [0.4, 0.5) is 18.9 Å². The number of nitrogens with one attached hydrogen (secondary N) is 1. The number of benzene rings is 3. The minimum absolute atomic E-state index is 0.172. The molecule has 1 amide bonds. The smallest absolute Gasteiger partial charge is 0.406 e. The molecule has 6 heteroatoms. The number of fused-ring (bicyclic) bond motifs is 1. The molecule has 1 N–H and O–H groups in total. The average molecular weight is 345 g/mol. The Labute approximate surface area is 142 Å².